The van der Waals surface area contributed by atoms with Crippen LogP contribution in [-0.4, -0.2) is 20.8 Å². The van der Waals surface area contributed by atoms with Crippen molar-refractivity contribution in [3.63, 3.8) is 0 Å². The number of aromatic nitrogens is 3. The molecular formula is C30H30FN3O3. The van der Waals surface area contributed by atoms with Crippen LogP contribution < -0.4 is 15.2 Å². The second-order valence-electron chi connectivity index (χ2n) is 9.14. The smallest absolute Gasteiger partial charge is 0.328 e. The van der Waals surface area contributed by atoms with Crippen molar-refractivity contribution >= 4 is 11.0 Å². The summed E-state index contributed by atoms with van der Waals surface area (Å²) in [5, 5.41) is 0. The van der Waals surface area contributed by atoms with Gasteiger partial charge in [-0.15, -0.1) is 0 Å². The highest BCUT2D eigenvalue weighted by atomic mass is 19.1. The predicted octanol–water partition coefficient (Wildman–Crippen LogP) is 6.07. The molecule has 0 amide bonds. The number of hydrogen-bond acceptors (Lipinski definition) is 3. The van der Waals surface area contributed by atoms with E-state index in [1.807, 2.05) is 60.8 Å². The van der Waals surface area contributed by atoms with Crippen LogP contribution in [0.25, 0.3) is 22.3 Å². The lowest BCUT2D eigenvalue weighted by atomic mass is 10.0. The maximum atomic E-state index is 15.3. The zero-order valence-corrected chi connectivity index (χ0v) is 21.4. The zero-order valence-electron chi connectivity index (χ0n) is 21.4. The van der Waals surface area contributed by atoms with Crippen LogP contribution in [0.4, 0.5) is 4.39 Å². The fourth-order valence-electron chi connectivity index (χ4n) is 4.97. The van der Waals surface area contributed by atoms with E-state index >= 15 is 4.39 Å². The predicted molar refractivity (Wildman–Crippen MR) is 144 cm³/mol. The largest absolute Gasteiger partial charge is 0.493 e. The number of aryl methyl sites for hydroxylation is 2. The van der Waals surface area contributed by atoms with Gasteiger partial charge in [-0.05, 0) is 53.9 Å². The number of nitrogens with zero attached hydrogens (tertiary/aromatic N) is 3. The van der Waals surface area contributed by atoms with Crippen LogP contribution in [0.2, 0.25) is 0 Å². The van der Waals surface area contributed by atoms with Crippen LogP contribution in [0.5, 0.6) is 11.5 Å². The van der Waals surface area contributed by atoms with E-state index in [1.54, 1.807) is 23.2 Å². The molecule has 190 valence electrons. The fraction of sp³-hybridized carbons (Fsp3) is 0.233. The highest BCUT2D eigenvalue weighted by Crippen LogP contribution is 2.38. The minimum absolute atomic E-state index is 0.00669. The van der Waals surface area contributed by atoms with E-state index < -0.39 is 5.82 Å². The molecule has 5 rings (SSSR count). The summed E-state index contributed by atoms with van der Waals surface area (Å²) in [5.74, 6) is -0.0464. The summed E-state index contributed by atoms with van der Waals surface area (Å²) in [7, 11) is 5.08. The van der Waals surface area contributed by atoms with E-state index in [4.69, 9.17) is 9.47 Å². The normalized spacial score (nSPS) is 12.1. The third-order valence-electron chi connectivity index (χ3n) is 6.93. The maximum Gasteiger partial charge on any atom is 0.328 e. The second-order valence-corrected chi connectivity index (χ2v) is 9.14. The van der Waals surface area contributed by atoms with Gasteiger partial charge in [0.05, 0.1) is 24.2 Å². The van der Waals surface area contributed by atoms with Crippen LogP contribution in [0.3, 0.4) is 0 Å². The molecule has 0 aliphatic heterocycles. The third kappa shape index (κ3) is 4.42. The average Bonchev–Trinajstić information content (AvgIpc) is 3.48. The van der Waals surface area contributed by atoms with Crippen LogP contribution >= 0.6 is 0 Å². The molecule has 6 nitrogen and oxygen atoms in total. The first kappa shape index (κ1) is 24.4. The van der Waals surface area contributed by atoms with E-state index in [2.05, 4.69) is 23.6 Å². The van der Waals surface area contributed by atoms with E-state index in [1.165, 1.54) is 13.2 Å². The number of rotatable bonds is 8. The van der Waals surface area contributed by atoms with Gasteiger partial charge < -0.3 is 14.0 Å². The molecular weight excluding hydrogens is 469 g/mol. The molecule has 1 atom stereocenters. The number of halogens is 1. The van der Waals surface area contributed by atoms with Crippen LogP contribution in [0.15, 0.2) is 83.8 Å². The Morgan fingerprint density at radius 1 is 0.919 bits per heavy atom. The minimum atomic E-state index is -0.480. The van der Waals surface area contributed by atoms with Crippen molar-refractivity contribution in [1.82, 2.24) is 13.7 Å². The van der Waals surface area contributed by atoms with Crippen molar-refractivity contribution in [1.29, 1.82) is 0 Å². The average molecular weight is 500 g/mol. The number of imidazole rings is 1. The van der Waals surface area contributed by atoms with Gasteiger partial charge in [0.1, 0.15) is 6.61 Å². The first-order valence-electron chi connectivity index (χ1n) is 12.3. The Labute approximate surface area is 215 Å². The third-order valence-corrected chi connectivity index (χ3v) is 6.93. The molecule has 0 aliphatic carbocycles. The van der Waals surface area contributed by atoms with E-state index in [-0.39, 0.29) is 24.1 Å². The number of benzene rings is 3. The van der Waals surface area contributed by atoms with Crippen molar-refractivity contribution in [3.05, 3.63) is 106 Å². The lowest BCUT2D eigenvalue weighted by molar-refractivity contribution is 0.270. The molecule has 0 saturated carbocycles. The summed E-state index contributed by atoms with van der Waals surface area (Å²) in [6.07, 6.45) is 2.81. The SMILES string of the molecule is CCC(c1ccc2c(c1)n(C)c(=O)n2C)n1cccc1-c1cc(F)c(OCc2ccccc2)c(OC)c1. The molecule has 5 aromatic rings. The Morgan fingerprint density at radius 2 is 1.68 bits per heavy atom. The van der Waals surface area contributed by atoms with E-state index in [0.717, 1.165) is 34.3 Å². The van der Waals surface area contributed by atoms with Gasteiger partial charge in [-0.2, -0.15) is 0 Å². The van der Waals surface area contributed by atoms with Gasteiger partial charge in [0.25, 0.3) is 0 Å². The van der Waals surface area contributed by atoms with Gasteiger partial charge in [-0.1, -0.05) is 43.3 Å². The molecule has 37 heavy (non-hydrogen) atoms. The number of hydrogen-bond donors (Lipinski definition) is 0. The summed E-state index contributed by atoms with van der Waals surface area (Å²) >= 11 is 0. The standard InChI is InChI=1S/C30H30FN3O3/c1-5-24(21-13-14-26-27(17-21)33(3)30(35)32(26)2)34-15-9-12-25(34)22-16-23(31)29(28(18-22)36-4)37-19-20-10-7-6-8-11-20/h6-18,24H,5,19H2,1-4H3. The second kappa shape index (κ2) is 10.0. The molecule has 2 heterocycles. The number of ether oxygens (including phenoxy) is 2. The Morgan fingerprint density at radius 3 is 2.41 bits per heavy atom. The Bertz CT molecular complexity index is 1610. The first-order valence-corrected chi connectivity index (χ1v) is 12.3. The summed E-state index contributed by atoms with van der Waals surface area (Å²) in [4.78, 5) is 12.4. The van der Waals surface area contributed by atoms with Crippen molar-refractivity contribution in [2.45, 2.75) is 26.0 Å². The highest BCUT2D eigenvalue weighted by molar-refractivity contribution is 5.77. The Kier molecular flexibility index (Phi) is 6.61. The van der Waals surface area contributed by atoms with Crippen LogP contribution in [0.1, 0.15) is 30.5 Å². The van der Waals surface area contributed by atoms with Crippen molar-refractivity contribution in [2.75, 3.05) is 7.11 Å². The summed E-state index contributed by atoms with van der Waals surface area (Å²) in [6, 6.07) is 23.0. The van der Waals surface area contributed by atoms with Crippen molar-refractivity contribution in [3.8, 4) is 22.8 Å². The lowest BCUT2D eigenvalue weighted by Crippen LogP contribution is -2.19. The van der Waals surface area contributed by atoms with Crippen molar-refractivity contribution in [2.24, 2.45) is 14.1 Å². The minimum Gasteiger partial charge on any atom is -0.493 e. The maximum absolute atomic E-state index is 15.3. The van der Waals surface area contributed by atoms with Gasteiger partial charge >= 0.3 is 5.69 Å². The quantitative estimate of drug-likeness (QED) is 0.260. The summed E-state index contributed by atoms with van der Waals surface area (Å²) in [6.45, 7) is 2.36. The molecule has 0 fully saturated rings. The molecule has 0 spiro atoms. The molecule has 0 saturated heterocycles. The Balaban J connectivity index is 1.51. The number of methoxy groups -OCH3 is 1. The van der Waals surface area contributed by atoms with Gasteiger partial charge in [-0.25, -0.2) is 9.18 Å². The van der Waals surface area contributed by atoms with Gasteiger partial charge in [-0.3, -0.25) is 9.13 Å². The molecule has 0 aliphatic rings. The van der Waals surface area contributed by atoms with E-state index in [9.17, 15) is 4.79 Å². The molecule has 2 aromatic heterocycles. The first-order chi connectivity index (χ1) is 17.9. The highest BCUT2D eigenvalue weighted by Gasteiger charge is 2.20. The monoisotopic (exact) mass is 499 g/mol. The summed E-state index contributed by atoms with van der Waals surface area (Å²) < 4.78 is 32.1. The topological polar surface area (TPSA) is 50.3 Å². The number of fused-ring (bicyclic) bond motifs is 1. The van der Waals surface area contributed by atoms with Gasteiger partial charge in [0, 0.05) is 31.5 Å². The molecule has 1 unspecified atom stereocenters. The molecule has 7 heteroatoms. The fourth-order valence-corrected chi connectivity index (χ4v) is 4.97. The Hall–Kier alpha value is -4.26. The molecule has 0 bridgehead atoms. The lowest BCUT2D eigenvalue weighted by Gasteiger charge is -2.22. The molecule has 0 radical (unpaired) electrons. The van der Waals surface area contributed by atoms with Gasteiger partial charge in [0.2, 0.25) is 0 Å². The summed E-state index contributed by atoms with van der Waals surface area (Å²) in [5.41, 5.74) is 5.28. The zero-order chi connectivity index (χ0) is 26.1. The van der Waals surface area contributed by atoms with Crippen LogP contribution in [0, 0.1) is 5.82 Å². The molecule has 0 N–H and O–H groups in total. The van der Waals surface area contributed by atoms with Crippen LogP contribution in [-0.2, 0) is 20.7 Å². The molecule has 3 aromatic carbocycles. The van der Waals surface area contributed by atoms with Crippen molar-refractivity contribution < 1.29 is 13.9 Å². The van der Waals surface area contributed by atoms with Gasteiger partial charge in [0.15, 0.2) is 17.3 Å². The van der Waals surface area contributed by atoms with E-state index in [0.29, 0.717) is 11.3 Å².